The van der Waals surface area contributed by atoms with Crippen LogP contribution in [-0.2, 0) is 11.2 Å². The zero-order chi connectivity index (χ0) is 12.0. The lowest BCUT2D eigenvalue weighted by Crippen LogP contribution is -2.45. The largest absolute Gasteiger partial charge is 0.376 e. The Bertz CT molecular complexity index is 325. The van der Waals surface area contributed by atoms with Gasteiger partial charge in [-0.05, 0) is 12.0 Å². The summed E-state index contributed by atoms with van der Waals surface area (Å²) in [6, 6.07) is 8.60. The van der Waals surface area contributed by atoms with Crippen LogP contribution in [0.1, 0.15) is 5.56 Å². The summed E-state index contributed by atoms with van der Waals surface area (Å²) in [5.41, 5.74) is 6.63. The number of aliphatic hydroxyl groups is 2. The van der Waals surface area contributed by atoms with Gasteiger partial charge >= 0.3 is 0 Å². The Morgan fingerprint density at radius 1 is 1.25 bits per heavy atom. The number of carbonyl (C=O) groups is 1. The number of amides is 1. The summed E-state index contributed by atoms with van der Waals surface area (Å²) in [4.78, 5) is 12.5. The van der Waals surface area contributed by atoms with Crippen molar-refractivity contribution in [2.75, 3.05) is 13.5 Å². The molecule has 5 heteroatoms. The van der Waals surface area contributed by atoms with Gasteiger partial charge in [0.1, 0.15) is 13.5 Å². The molecule has 0 aromatic heterocycles. The average Bonchev–Trinajstić information content (AvgIpc) is 2.31. The highest BCUT2D eigenvalue weighted by molar-refractivity contribution is 5.81. The molecule has 16 heavy (non-hydrogen) atoms. The van der Waals surface area contributed by atoms with Crippen molar-refractivity contribution in [2.24, 2.45) is 5.73 Å². The predicted octanol–water partition coefficient (Wildman–Crippen LogP) is -0.715. The highest BCUT2D eigenvalue weighted by atomic mass is 16.3. The fourth-order valence-corrected chi connectivity index (χ4v) is 1.37. The molecule has 1 amide bonds. The van der Waals surface area contributed by atoms with Crippen LogP contribution in [0.15, 0.2) is 30.3 Å². The monoisotopic (exact) mass is 224 g/mol. The first-order valence-electron chi connectivity index (χ1n) is 4.99. The number of rotatable bonds is 5. The summed E-state index contributed by atoms with van der Waals surface area (Å²) in [7, 11) is 0. The number of hydrogen-bond acceptors (Lipinski definition) is 4. The molecule has 0 aliphatic rings. The van der Waals surface area contributed by atoms with E-state index in [1.807, 2.05) is 30.3 Å². The zero-order valence-corrected chi connectivity index (χ0v) is 8.91. The number of hydrogen-bond donors (Lipinski definition) is 3. The first-order chi connectivity index (χ1) is 7.69. The Morgan fingerprint density at radius 2 is 1.81 bits per heavy atom. The molecule has 0 bridgehead atoms. The molecule has 1 aromatic rings. The summed E-state index contributed by atoms with van der Waals surface area (Å²) >= 11 is 0. The topological polar surface area (TPSA) is 86.8 Å². The van der Waals surface area contributed by atoms with Gasteiger partial charge in [0.15, 0.2) is 0 Å². The van der Waals surface area contributed by atoms with E-state index < -0.39 is 25.4 Å². The molecule has 0 aliphatic heterocycles. The van der Waals surface area contributed by atoms with E-state index in [1.165, 1.54) is 0 Å². The molecular weight excluding hydrogens is 208 g/mol. The Morgan fingerprint density at radius 3 is 2.31 bits per heavy atom. The molecule has 1 rings (SSSR count). The third-order valence-electron chi connectivity index (χ3n) is 2.27. The van der Waals surface area contributed by atoms with Gasteiger partial charge in [-0.3, -0.25) is 9.69 Å². The van der Waals surface area contributed by atoms with Crippen molar-refractivity contribution < 1.29 is 15.0 Å². The predicted molar refractivity (Wildman–Crippen MR) is 59.1 cm³/mol. The third-order valence-corrected chi connectivity index (χ3v) is 2.27. The van der Waals surface area contributed by atoms with Crippen LogP contribution in [0.2, 0.25) is 0 Å². The first kappa shape index (κ1) is 12.6. The maximum Gasteiger partial charge on any atom is 0.243 e. The van der Waals surface area contributed by atoms with Crippen LogP contribution in [0.5, 0.6) is 0 Å². The summed E-state index contributed by atoms with van der Waals surface area (Å²) < 4.78 is 0. The van der Waals surface area contributed by atoms with Crippen molar-refractivity contribution in [1.29, 1.82) is 0 Å². The minimum Gasteiger partial charge on any atom is -0.376 e. The molecular formula is C11H16N2O3. The van der Waals surface area contributed by atoms with Crippen molar-refractivity contribution in [3.05, 3.63) is 35.9 Å². The SMILES string of the molecule is N[C@@H](Cc1ccccc1)C(=O)N(CO)CO. The quantitative estimate of drug-likeness (QED) is 0.576. The molecule has 0 saturated carbocycles. The van der Waals surface area contributed by atoms with Gasteiger partial charge < -0.3 is 15.9 Å². The van der Waals surface area contributed by atoms with Crippen molar-refractivity contribution in [3.8, 4) is 0 Å². The van der Waals surface area contributed by atoms with Gasteiger partial charge in [-0.25, -0.2) is 0 Å². The van der Waals surface area contributed by atoms with E-state index in [-0.39, 0.29) is 0 Å². The number of benzene rings is 1. The molecule has 0 spiro atoms. The number of carbonyl (C=O) groups excluding carboxylic acids is 1. The van der Waals surface area contributed by atoms with Gasteiger partial charge in [0.05, 0.1) is 6.04 Å². The van der Waals surface area contributed by atoms with Crippen LogP contribution < -0.4 is 5.73 Å². The maximum atomic E-state index is 11.6. The van der Waals surface area contributed by atoms with Gasteiger partial charge in [0.25, 0.3) is 0 Å². The zero-order valence-electron chi connectivity index (χ0n) is 8.91. The highest BCUT2D eigenvalue weighted by Gasteiger charge is 2.19. The summed E-state index contributed by atoms with van der Waals surface area (Å²) in [5, 5.41) is 17.6. The van der Waals surface area contributed by atoms with Crippen LogP contribution in [0.4, 0.5) is 0 Å². The molecule has 1 aromatic carbocycles. The van der Waals surface area contributed by atoms with Crippen LogP contribution in [0.25, 0.3) is 0 Å². The number of aliphatic hydroxyl groups excluding tert-OH is 2. The molecule has 88 valence electrons. The smallest absolute Gasteiger partial charge is 0.243 e. The molecule has 0 aliphatic carbocycles. The Kier molecular flexibility index (Phi) is 4.91. The van der Waals surface area contributed by atoms with Crippen molar-refractivity contribution >= 4 is 5.91 Å². The van der Waals surface area contributed by atoms with E-state index in [2.05, 4.69) is 0 Å². The second-order valence-electron chi connectivity index (χ2n) is 3.46. The molecule has 0 heterocycles. The van der Waals surface area contributed by atoms with Crippen LogP contribution >= 0.6 is 0 Å². The Balaban J connectivity index is 2.58. The van der Waals surface area contributed by atoms with Gasteiger partial charge in [0.2, 0.25) is 5.91 Å². The second-order valence-corrected chi connectivity index (χ2v) is 3.46. The minimum absolute atomic E-state index is 0.385. The van der Waals surface area contributed by atoms with Crippen molar-refractivity contribution in [1.82, 2.24) is 4.90 Å². The molecule has 0 fully saturated rings. The molecule has 0 saturated heterocycles. The molecule has 5 nitrogen and oxygen atoms in total. The lowest BCUT2D eigenvalue weighted by Gasteiger charge is -2.20. The fourth-order valence-electron chi connectivity index (χ4n) is 1.37. The minimum atomic E-state index is -0.748. The normalized spacial score (nSPS) is 12.2. The summed E-state index contributed by atoms with van der Waals surface area (Å²) in [5.74, 6) is -0.464. The van der Waals surface area contributed by atoms with Crippen molar-refractivity contribution in [3.63, 3.8) is 0 Å². The molecule has 0 radical (unpaired) electrons. The third kappa shape index (κ3) is 3.30. The average molecular weight is 224 g/mol. The highest BCUT2D eigenvalue weighted by Crippen LogP contribution is 2.03. The van der Waals surface area contributed by atoms with E-state index in [4.69, 9.17) is 15.9 Å². The van der Waals surface area contributed by atoms with Crippen LogP contribution in [0.3, 0.4) is 0 Å². The number of nitrogens with two attached hydrogens (primary N) is 1. The standard InChI is InChI=1S/C11H16N2O3/c12-10(11(16)13(7-14)8-15)6-9-4-2-1-3-5-9/h1-5,10,14-15H,6-8,12H2/t10-/m0/s1. The lowest BCUT2D eigenvalue weighted by molar-refractivity contribution is -0.140. The molecule has 0 unspecified atom stereocenters. The molecule has 4 N–H and O–H groups in total. The fraction of sp³-hybridized carbons (Fsp3) is 0.364. The van der Waals surface area contributed by atoms with Gasteiger partial charge in [-0.15, -0.1) is 0 Å². The second kappa shape index (κ2) is 6.22. The van der Waals surface area contributed by atoms with Gasteiger partial charge in [-0.1, -0.05) is 30.3 Å². The van der Waals surface area contributed by atoms with Gasteiger partial charge in [0, 0.05) is 0 Å². The maximum absolute atomic E-state index is 11.6. The van der Waals surface area contributed by atoms with Crippen LogP contribution in [0, 0.1) is 0 Å². The van der Waals surface area contributed by atoms with E-state index in [9.17, 15) is 4.79 Å². The summed E-state index contributed by atoms with van der Waals surface area (Å²) in [6.45, 7) is -1.06. The first-order valence-corrected chi connectivity index (χ1v) is 4.99. The van der Waals surface area contributed by atoms with Gasteiger partial charge in [-0.2, -0.15) is 0 Å². The van der Waals surface area contributed by atoms with Crippen LogP contribution in [-0.4, -0.2) is 40.5 Å². The van der Waals surface area contributed by atoms with E-state index in [0.29, 0.717) is 6.42 Å². The van der Waals surface area contributed by atoms with E-state index in [0.717, 1.165) is 10.5 Å². The van der Waals surface area contributed by atoms with E-state index in [1.54, 1.807) is 0 Å². The van der Waals surface area contributed by atoms with E-state index >= 15 is 0 Å². The Labute approximate surface area is 94.1 Å². The van der Waals surface area contributed by atoms with Crippen molar-refractivity contribution in [2.45, 2.75) is 12.5 Å². The number of nitrogens with zero attached hydrogens (tertiary/aromatic N) is 1. The Hall–Kier alpha value is -1.43. The summed E-state index contributed by atoms with van der Waals surface area (Å²) in [6.07, 6.45) is 0.385. The lowest BCUT2D eigenvalue weighted by atomic mass is 10.1. The molecule has 1 atom stereocenters.